The summed E-state index contributed by atoms with van der Waals surface area (Å²) < 4.78 is 17.9. The van der Waals surface area contributed by atoms with Gasteiger partial charge in [-0.25, -0.2) is 0 Å². The maximum absolute atomic E-state index is 6.62. The van der Waals surface area contributed by atoms with Crippen molar-refractivity contribution in [3.05, 3.63) is 101 Å². The Hall–Kier alpha value is -2.79. The summed E-state index contributed by atoms with van der Waals surface area (Å²) in [6, 6.07) is 27.6. The number of halogens is 1. The highest BCUT2D eigenvalue weighted by molar-refractivity contribution is 5.72. The van der Waals surface area contributed by atoms with Crippen LogP contribution < -0.4 is 26.8 Å². The normalized spacial score (nSPS) is 18.2. The molecule has 5 rings (SSSR count). The quantitative estimate of drug-likeness (QED) is 0.590. The Kier molecular flexibility index (Phi) is 7.71. The molecule has 1 atom stereocenters. The lowest BCUT2D eigenvalue weighted by Crippen LogP contribution is -3.14. The van der Waals surface area contributed by atoms with Crippen molar-refractivity contribution < 1.29 is 31.5 Å². The van der Waals surface area contributed by atoms with E-state index in [0.717, 1.165) is 55.7 Å². The van der Waals surface area contributed by atoms with Crippen LogP contribution in [-0.2, 0) is 4.74 Å². The molecule has 2 heterocycles. The average molecular weight is 464 g/mol. The number of ether oxygens (including phenoxy) is 3. The molecule has 0 amide bonds. The molecule has 0 aliphatic carbocycles. The van der Waals surface area contributed by atoms with Gasteiger partial charge in [-0.2, -0.15) is 0 Å². The van der Waals surface area contributed by atoms with Crippen LogP contribution in [0.4, 0.5) is 0 Å². The minimum absolute atomic E-state index is 0. The lowest BCUT2D eigenvalue weighted by Gasteiger charge is -2.34. The second kappa shape index (κ2) is 10.9. The second-order valence-electron chi connectivity index (χ2n) is 8.33. The molecule has 0 bridgehead atoms. The van der Waals surface area contributed by atoms with Crippen LogP contribution >= 0.6 is 0 Å². The Labute approximate surface area is 202 Å². The Morgan fingerprint density at radius 3 is 2.30 bits per heavy atom. The van der Waals surface area contributed by atoms with Gasteiger partial charge in [0, 0.05) is 22.6 Å². The zero-order chi connectivity index (χ0) is 21.8. The highest BCUT2D eigenvalue weighted by Crippen LogP contribution is 2.45. The van der Waals surface area contributed by atoms with E-state index in [1.807, 2.05) is 19.1 Å². The summed E-state index contributed by atoms with van der Waals surface area (Å²) in [4.78, 5) is 1.54. The van der Waals surface area contributed by atoms with Crippen molar-refractivity contribution in [3.8, 4) is 11.5 Å². The third kappa shape index (κ3) is 5.09. The highest BCUT2D eigenvalue weighted by atomic mass is 35.5. The van der Waals surface area contributed by atoms with Gasteiger partial charge in [0.2, 0.25) is 0 Å². The molecule has 3 aromatic carbocycles. The van der Waals surface area contributed by atoms with Gasteiger partial charge < -0.3 is 31.5 Å². The van der Waals surface area contributed by atoms with Gasteiger partial charge in [0.15, 0.2) is 0 Å². The molecule has 2 aliphatic rings. The Morgan fingerprint density at radius 1 is 0.879 bits per heavy atom. The Balaban J connectivity index is 0.00000259. The smallest absolute Gasteiger partial charge is 0.140 e. The van der Waals surface area contributed by atoms with Crippen LogP contribution in [0.1, 0.15) is 29.5 Å². The van der Waals surface area contributed by atoms with Crippen molar-refractivity contribution in [2.45, 2.75) is 12.8 Å². The van der Waals surface area contributed by atoms with E-state index in [1.54, 1.807) is 4.90 Å². The number of hydrogen-bond acceptors (Lipinski definition) is 3. The van der Waals surface area contributed by atoms with Gasteiger partial charge in [-0.05, 0) is 42.8 Å². The van der Waals surface area contributed by atoms with Gasteiger partial charge in [0.05, 0.1) is 19.8 Å². The van der Waals surface area contributed by atoms with E-state index in [4.69, 9.17) is 14.2 Å². The van der Waals surface area contributed by atoms with Crippen LogP contribution in [0.25, 0.3) is 5.76 Å². The van der Waals surface area contributed by atoms with Crippen LogP contribution in [0.2, 0.25) is 0 Å². The molecule has 1 saturated heterocycles. The molecule has 172 valence electrons. The molecule has 4 nitrogen and oxygen atoms in total. The molecular weight excluding hydrogens is 434 g/mol. The molecule has 0 aromatic heterocycles. The summed E-state index contributed by atoms with van der Waals surface area (Å²) in [6.07, 6.45) is 0. The zero-order valence-electron chi connectivity index (χ0n) is 18.9. The van der Waals surface area contributed by atoms with Gasteiger partial charge in [-0.15, -0.1) is 0 Å². The van der Waals surface area contributed by atoms with E-state index in [-0.39, 0.29) is 18.3 Å². The molecule has 3 aromatic rings. The van der Waals surface area contributed by atoms with Crippen molar-refractivity contribution in [2.24, 2.45) is 0 Å². The number of para-hydroxylation sites is 1. The van der Waals surface area contributed by atoms with E-state index in [2.05, 4.69) is 66.7 Å². The molecule has 0 radical (unpaired) electrons. The van der Waals surface area contributed by atoms with E-state index in [9.17, 15) is 0 Å². The SMILES string of the molecule is CCOc1ccc(C2=C(C[NH+]3CCOCC3)C(c3ccccc3)c3ccccc3O2)cc1.[Cl-]. The first-order valence-corrected chi connectivity index (χ1v) is 11.5. The number of morpholine rings is 1. The third-order valence-electron chi connectivity index (χ3n) is 6.28. The topological polar surface area (TPSA) is 32.1 Å². The maximum Gasteiger partial charge on any atom is 0.140 e. The minimum atomic E-state index is 0. The monoisotopic (exact) mass is 463 g/mol. The maximum atomic E-state index is 6.62. The lowest BCUT2D eigenvalue weighted by atomic mass is 9.81. The van der Waals surface area contributed by atoms with Crippen LogP contribution in [-0.4, -0.2) is 39.5 Å². The highest BCUT2D eigenvalue weighted by Gasteiger charge is 2.34. The van der Waals surface area contributed by atoms with E-state index in [1.165, 1.54) is 16.7 Å². The number of fused-ring (bicyclic) bond motifs is 1. The van der Waals surface area contributed by atoms with Crippen molar-refractivity contribution in [2.75, 3.05) is 39.5 Å². The first kappa shape index (κ1) is 23.4. The largest absolute Gasteiger partial charge is 1.00 e. The molecule has 33 heavy (non-hydrogen) atoms. The van der Waals surface area contributed by atoms with Crippen molar-refractivity contribution in [1.29, 1.82) is 0 Å². The standard InChI is InChI=1S/C28H29NO3.ClH/c1-2-31-23-14-12-22(13-15-23)28-25(20-29-16-18-30-19-17-29)27(21-8-4-3-5-9-21)24-10-6-7-11-26(24)32-28;/h3-15,27H,2,16-20H2,1H3;1H. The van der Waals surface area contributed by atoms with E-state index in [0.29, 0.717) is 6.61 Å². The van der Waals surface area contributed by atoms with Gasteiger partial charge in [0.25, 0.3) is 0 Å². The van der Waals surface area contributed by atoms with Crippen molar-refractivity contribution >= 4 is 5.76 Å². The second-order valence-corrected chi connectivity index (χ2v) is 8.33. The number of quaternary nitrogens is 1. The molecule has 1 fully saturated rings. The van der Waals surface area contributed by atoms with Gasteiger partial charge in [0.1, 0.15) is 36.9 Å². The minimum Gasteiger partial charge on any atom is -1.00 e. The van der Waals surface area contributed by atoms with E-state index >= 15 is 0 Å². The van der Waals surface area contributed by atoms with E-state index < -0.39 is 0 Å². The summed E-state index contributed by atoms with van der Waals surface area (Å²) in [6.45, 7) is 7.26. The molecule has 0 saturated carbocycles. The summed E-state index contributed by atoms with van der Waals surface area (Å²) >= 11 is 0. The zero-order valence-corrected chi connectivity index (χ0v) is 19.7. The molecule has 1 N–H and O–H groups in total. The third-order valence-corrected chi connectivity index (χ3v) is 6.28. The van der Waals surface area contributed by atoms with Crippen molar-refractivity contribution in [3.63, 3.8) is 0 Å². The van der Waals surface area contributed by atoms with Gasteiger partial charge in [-0.3, -0.25) is 0 Å². The average Bonchev–Trinajstić information content (AvgIpc) is 2.85. The van der Waals surface area contributed by atoms with Crippen LogP contribution in [0, 0.1) is 0 Å². The fraction of sp³-hybridized carbons (Fsp3) is 0.286. The van der Waals surface area contributed by atoms with Crippen LogP contribution in [0.15, 0.2) is 84.4 Å². The van der Waals surface area contributed by atoms with Gasteiger partial charge >= 0.3 is 0 Å². The fourth-order valence-electron chi connectivity index (χ4n) is 4.73. The molecule has 1 unspecified atom stereocenters. The Bertz CT molecular complexity index is 1080. The lowest BCUT2D eigenvalue weighted by molar-refractivity contribution is -0.903. The summed E-state index contributed by atoms with van der Waals surface area (Å²) in [5, 5.41) is 0. The molecular formula is C28H30ClNO3. The van der Waals surface area contributed by atoms with Crippen molar-refractivity contribution in [1.82, 2.24) is 0 Å². The number of nitrogens with one attached hydrogen (secondary N) is 1. The number of rotatable bonds is 6. The molecule has 5 heteroatoms. The fourth-order valence-corrected chi connectivity index (χ4v) is 4.73. The summed E-state index contributed by atoms with van der Waals surface area (Å²) in [7, 11) is 0. The summed E-state index contributed by atoms with van der Waals surface area (Å²) in [5.74, 6) is 2.96. The first-order chi connectivity index (χ1) is 15.8. The molecule has 0 spiro atoms. The Morgan fingerprint density at radius 2 is 1.58 bits per heavy atom. The predicted molar refractivity (Wildman–Crippen MR) is 126 cm³/mol. The van der Waals surface area contributed by atoms with Crippen LogP contribution in [0.5, 0.6) is 11.5 Å². The number of benzene rings is 3. The van der Waals surface area contributed by atoms with Crippen LogP contribution in [0.3, 0.4) is 0 Å². The first-order valence-electron chi connectivity index (χ1n) is 11.5. The number of hydrogen-bond donors (Lipinski definition) is 1. The summed E-state index contributed by atoms with van der Waals surface area (Å²) in [5.41, 5.74) is 4.95. The predicted octanol–water partition coefficient (Wildman–Crippen LogP) is 0.940. The molecule has 2 aliphatic heterocycles. The van der Waals surface area contributed by atoms with Gasteiger partial charge in [-0.1, -0.05) is 48.5 Å².